The Morgan fingerprint density at radius 2 is 1.69 bits per heavy atom. The van der Waals surface area contributed by atoms with Crippen molar-refractivity contribution in [3.05, 3.63) is 76.8 Å². The lowest BCUT2D eigenvalue weighted by Crippen LogP contribution is -2.61. The first kappa shape index (κ1) is 33.2. The van der Waals surface area contributed by atoms with Gasteiger partial charge in [0.15, 0.2) is 0 Å². The predicted molar refractivity (Wildman–Crippen MR) is 178 cm³/mol. The lowest BCUT2D eigenvalue weighted by molar-refractivity contribution is -0.135. The van der Waals surface area contributed by atoms with Crippen LogP contribution in [0.25, 0.3) is 6.08 Å². The third kappa shape index (κ3) is 9.89. The number of likely N-dealkylation sites (tertiary alicyclic amines) is 1. The maximum atomic E-state index is 13.9. The average Bonchev–Trinajstić information content (AvgIpc) is 3.54. The Kier molecular flexibility index (Phi) is 12.1. The Hall–Kier alpha value is -3.20. The Balaban J connectivity index is 1.18. The standard InChI is InChI=1S/C36H47ClN4O4/c37-31-10-6-9-28(23-31)11-12-33(42)40-36(17-4-5-18-36)35(44)39-32(24-27-7-2-1-3-8-27)34(43)38-25-29-13-19-41(20-14-29)26-30-15-21-45-22-16-30/h1-3,6-12,23,29-30,32H,4-5,13-22,24-26H2,(H,38,43)(H,39,44)(H,40,42)/b12-11+/t32-/m1/s1. The van der Waals surface area contributed by atoms with E-state index in [1.165, 1.54) is 6.08 Å². The number of benzene rings is 2. The third-order valence-corrected chi connectivity index (χ3v) is 9.80. The van der Waals surface area contributed by atoms with E-state index in [-0.39, 0.29) is 17.7 Å². The summed E-state index contributed by atoms with van der Waals surface area (Å²) in [5.41, 5.74) is 0.711. The Morgan fingerprint density at radius 3 is 2.40 bits per heavy atom. The average molecular weight is 635 g/mol. The van der Waals surface area contributed by atoms with E-state index in [0.29, 0.717) is 36.7 Å². The van der Waals surface area contributed by atoms with Crippen LogP contribution < -0.4 is 16.0 Å². The first-order chi connectivity index (χ1) is 21.9. The molecular formula is C36H47ClN4O4. The fraction of sp³-hybridized carbons (Fsp3) is 0.528. The topological polar surface area (TPSA) is 99.8 Å². The minimum atomic E-state index is -1.05. The largest absolute Gasteiger partial charge is 0.381 e. The van der Waals surface area contributed by atoms with Gasteiger partial charge in [-0.2, -0.15) is 0 Å². The van der Waals surface area contributed by atoms with Gasteiger partial charge < -0.3 is 25.6 Å². The van der Waals surface area contributed by atoms with Gasteiger partial charge in [-0.05, 0) is 92.8 Å². The van der Waals surface area contributed by atoms with Crippen molar-refractivity contribution in [3.63, 3.8) is 0 Å². The molecule has 242 valence electrons. The molecule has 2 saturated heterocycles. The van der Waals surface area contributed by atoms with Gasteiger partial charge in [0.1, 0.15) is 11.6 Å². The number of rotatable bonds is 12. The predicted octanol–water partition coefficient (Wildman–Crippen LogP) is 4.76. The van der Waals surface area contributed by atoms with Gasteiger partial charge in [0.2, 0.25) is 17.7 Å². The maximum absolute atomic E-state index is 13.9. The lowest BCUT2D eigenvalue weighted by Gasteiger charge is -2.35. The molecule has 8 nitrogen and oxygen atoms in total. The first-order valence-corrected chi connectivity index (χ1v) is 16.9. The number of nitrogens with one attached hydrogen (secondary N) is 3. The molecule has 1 aliphatic carbocycles. The van der Waals surface area contributed by atoms with Crippen LogP contribution in [-0.4, -0.2) is 73.6 Å². The van der Waals surface area contributed by atoms with Gasteiger partial charge in [-0.25, -0.2) is 0 Å². The highest BCUT2D eigenvalue weighted by atomic mass is 35.5. The SMILES string of the molecule is O=C(/C=C/c1cccc(Cl)c1)NC1(C(=O)N[C@H](Cc2ccccc2)C(=O)NCC2CCN(CC3CCOCC3)CC2)CCCC1. The zero-order valence-corrected chi connectivity index (χ0v) is 26.9. The monoisotopic (exact) mass is 634 g/mol. The van der Waals surface area contributed by atoms with Crippen molar-refractivity contribution in [2.75, 3.05) is 39.4 Å². The van der Waals surface area contributed by atoms with Gasteiger partial charge in [0.25, 0.3) is 0 Å². The van der Waals surface area contributed by atoms with E-state index in [2.05, 4.69) is 20.9 Å². The molecule has 2 heterocycles. The molecule has 9 heteroatoms. The van der Waals surface area contributed by atoms with E-state index in [9.17, 15) is 14.4 Å². The zero-order valence-electron chi connectivity index (χ0n) is 26.1. The number of nitrogens with zero attached hydrogens (tertiary/aromatic N) is 1. The molecule has 5 rings (SSSR count). The van der Waals surface area contributed by atoms with Crippen molar-refractivity contribution in [2.24, 2.45) is 11.8 Å². The molecule has 1 atom stereocenters. The van der Waals surface area contributed by atoms with Crippen molar-refractivity contribution in [3.8, 4) is 0 Å². The highest BCUT2D eigenvalue weighted by molar-refractivity contribution is 6.30. The highest BCUT2D eigenvalue weighted by Crippen LogP contribution is 2.30. The van der Waals surface area contributed by atoms with Crippen LogP contribution in [0.5, 0.6) is 0 Å². The molecule has 0 bridgehead atoms. The Bertz CT molecular complexity index is 1300. The normalized spacial score (nSPS) is 20.1. The zero-order chi connectivity index (χ0) is 31.5. The summed E-state index contributed by atoms with van der Waals surface area (Å²) in [7, 11) is 0. The van der Waals surface area contributed by atoms with Crippen LogP contribution in [-0.2, 0) is 25.5 Å². The van der Waals surface area contributed by atoms with E-state index in [4.69, 9.17) is 16.3 Å². The van der Waals surface area contributed by atoms with Crippen LogP contribution in [0.1, 0.15) is 62.5 Å². The molecule has 0 spiro atoms. The van der Waals surface area contributed by atoms with Crippen LogP contribution in [0, 0.1) is 11.8 Å². The maximum Gasteiger partial charge on any atom is 0.246 e. The molecule has 0 unspecified atom stereocenters. The second kappa shape index (κ2) is 16.4. The van der Waals surface area contributed by atoms with Crippen LogP contribution in [0.4, 0.5) is 0 Å². The number of carbonyl (C=O) groups excluding carboxylic acids is 3. The van der Waals surface area contributed by atoms with Crippen LogP contribution >= 0.6 is 11.6 Å². The van der Waals surface area contributed by atoms with E-state index >= 15 is 0 Å². The molecule has 0 radical (unpaired) electrons. The molecule has 3 amide bonds. The summed E-state index contributed by atoms with van der Waals surface area (Å²) in [5.74, 6) is 0.308. The van der Waals surface area contributed by atoms with Crippen molar-refractivity contribution in [1.82, 2.24) is 20.9 Å². The summed E-state index contributed by atoms with van der Waals surface area (Å²) in [6.07, 6.45) is 10.6. The number of ether oxygens (including phenoxy) is 1. The lowest BCUT2D eigenvalue weighted by atomic mass is 9.93. The number of hydrogen-bond donors (Lipinski definition) is 3. The molecule has 2 aromatic rings. The number of carbonyl (C=O) groups is 3. The molecule has 3 aliphatic rings. The fourth-order valence-electron chi connectivity index (χ4n) is 6.84. The highest BCUT2D eigenvalue weighted by Gasteiger charge is 2.43. The van der Waals surface area contributed by atoms with E-state index < -0.39 is 11.6 Å². The molecule has 3 fully saturated rings. The quantitative estimate of drug-likeness (QED) is 0.292. The summed E-state index contributed by atoms with van der Waals surface area (Å²) >= 11 is 6.07. The van der Waals surface area contributed by atoms with Gasteiger partial charge in [-0.3, -0.25) is 14.4 Å². The summed E-state index contributed by atoms with van der Waals surface area (Å²) in [4.78, 5) is 43.0. The smallest absolute Gasteiger partial charge is 0.246 e. The second-order valence-corrected chi connectivity index (χ2v) is 13.4. The fourth-order valence-corrected chi connectivity index (χ4v) is 7.04. The van der Waals surface area contributed by atoms with Crippen molar-refractivity contribution >= 4 is 35.4 Å². The molecule has 1 saturated carbocycles. The van der Waals surface area contributed by atoms with Crippen LogP contribution in [0.15, 0.2) is 60.7 Å². The second-order valence-electron chi connectivity index (χ2n) is 12.9. The minimum Gasteiger partial charge on any atom is -0.381 e. The number of hydrogen-bond acceptors (Lipinski definition) is 5. The van der Waals surface area contributed by atoms with Crippen molar-refractivity contribution in [2.45, 2.75) is 69.4 Å². The molecule has 2 aliphatic heterocycles. The summed E-state index contributed by atoms with van der Waals surface area (Å²) in [6.45, 7) is 5.60. The Morgan fingerprint density at radius 1 is 0.956 bits per heavy atom. The molecule has 2 aromatic carbocycles. The summed E-state index contributed by atoms with van der Waals surface area (Å²) in [5, 5.41) is 9.79. The molecular weight excluding hydrogens is 588 g/mol. The first-order valence-electron chi connectivity index (χ1n) is 16.6. The summed E-state index contributed by atoms with van der Waals surface area (Å²) in [6, 6.07) is 16.2. The molecule has 3 N–H and O–H groups in total. The molecule has 45 heavy (non-hydrogen) atoms. The van der Waals surface area contributed by atoms with Crippen molar-refractivity contribution in [1.29, 1.82) is 0 Å². The minimum absolute atomic E-state index is 0.183. The Labute approximate surface area is 272 Å². The molecule has 0 aromatic heterocycles. The van der Waals surface area contributed by atoms with Gasteiger partial charge in [0.05, 0.1) is 0 Å². The van der Waals surface area contributed by atoms with E-state index in [0.717, 1.165) is 88.4 Å². The number of amides is 3. The van der Waals surface area contributed by atoms with Crippen molar-refractivity contribution < 1.29 is 19.1 Å². The van der Waals surface area contributed by atoms with Crippen LogP contribution in [0.2, 0.25) is 5.02 Å². The summed E-state index contributed by atoms with van der Waals surface area (Å²) < 4.78 is 5.51. The number of halogens is 1. The van der Waals surface area contributed by atoms with Gasteiger partial charge in [0, 0.05) is 43.8 Å². The van der Waals surface area contributed by atoms with Gasteiger partial charge in [-0.15, -0.1) is 0 Å². The number of piperidine rings is 1. The van der Waals surface area contributed by atoms with Crippen LogP contribution in [0.3, 0.4) is 0 Å². The van der Waals surface area contributed by atoms with Gasteiger partial charge >= 0.3 is 0 Å². The third-order valence-electron chi connectivity index (χ3n) is 9.56. The van der Waals surface area contributed by atoms with Gasteiger partial charge in [-0.1, -0.05) is 66.9 Å². The van der Waals surface area contributed by atoms with E-state index in [1.54, 1.807) is 18.2 Å². The van der Waals surface area contributed by atoms with E-state index in [1.807, 2.05) is 42.5 Å².